The van der Waals surface area contributed by atoms with Crippen molar-refractivity contribution in [3.05, 3.63) is 137 Å². The molecule has 13 heteroatoms. The van der Waals surface area contributed by atoms with E-state index >= 15 is 0 Å². The van der Waals surface area contributed by atoms with Crippen molar-refractivity contribution in [2.24, 2.45) is 5.92 Å². The third kappa shape index (κ3) is 15.7. The number of carbonyl (C=O) groups excluding carboxylic acids is 2. The Morgan fingerprint density at radius 2 is 1.53 bits per heavy atom. The van der Waals surface area contributed by atoms with E-state index in [1.807, 2.05) is 44.4 Å². The van der Waals surface area contributed by atoms with Crippen LogP contribution in [0.1, 0.15) is 118 Å². The standard InChI is InChI=1S/C64H90ClN9O2S/c1-8-52-19-26-58(45-61(52)50(4)69(7)62(16-12-43-75)49(3)66-6)73-33-28-51(29-34-73)46-71-37-35-70(36-38-71)32-13-31-67-64(5)30-27-59(44-48(64)2)77-68-63(76)54-20-24-57(25-21-54)74-41-39-72(40-42-74)47-55-14-10-9-11-15-60(55)53-17-22-56(65)23-18-53/h8,17-26,43-45,51,59,62,66-67H,1,3-4,9-16,27-42,46-47H2,2,5-7H3,(H,68,76)/t59?,62?,64-/m0/s1. The Hall–Kier alpha value is -4.82. The van der Waals surface area contributed by atoms with Gasteiger partial charge in [0.25, 0.3) is 5.91 Å². The number of hydrogen-bond donors (Lipinski definition) is 3. The Kier molecular flexibility index (Phi) is 21.5. The van der Waals surface area contributed by atoms with E-state index in [4.69, 9.17) is 11.6 Å². The van der Waals surface area contributed by atoms with Crippen LogP contribution in [0.25, 0.3) is 17.3 Å². The highest BCUT2D eigenvalue weighted by atomic mass is 35.5. The van der Waals surface area contributed by atoms with Crippen LogP contribution in [-0.4, -0.2) is 154 Å². The molecule has 11 nitrogen and oxygen atoms in total. The van der Waals surface area contributed by atoms with Gasteiger partial charge in [0.05, 0.1) is 6.04 Å². The Morgan fingerprint density at radius 3 is 2.22 bits per heavy atom. The fraction of sp³-hybridized carbons (Fsp3) is 0.531. The number of piperazine rings is 2. The van der Waals surface area contributed by atoms with Gasteiger partial charge in [0.1, 0.15) is 6.29 Å². The summed E-state index contributed by atoms with van der Waals surface area (Å²) >= 11 is 7.79. The number of halogens is 1. The van der Waals surface area contributed by atoms with Gasteiger partial charge < -0.3 is 39.9 Å². The van der Waals surface area contributed by atoms with Crippen LogP contribution in [0.3, 0.4) is 0 Å². The van der Waals surface area contributed by atoms with Gasteiger partial charge in [-0.25, -0.2) is 0 Å². The second kappa shape index (κ2) is 28.4. The van der Waals surface area contributed by atoms with Crippen molar-refractivity contribution in [2.75, 3.05) is 116 Å². The first kappa shape index (κ1) is 58.3. The van der Waals surface area contributed by atoms with E-state index in [0.717, 1.165) is 151 Å². The number of carbonyl (C=O) groups is 2. The molecule has 3 N–H and O–H groups in total. The molecule has 0 radical (unpaired) electrons. The predicted octanol–water partition coefficient (Wildman–Crippen LogP) is 11.3. The molecule has 0 aromatic heterocycles. The molecule has 2 aliphatic carbocycles. The number of nitrogens with zero attached hydrogens (tertiary/aromatic N) is 6. The van der Waals surface area contributed by atoms with E-state index in [9.17, 15) is 9.59 Å². The zero-order valence-electron chi connectivity index (χ0n) is 47.1. The summed E-state index contributed by atoms with van der Waals surface area (Å²) in [6, 6.07) is 23.3. The molecular weight excluding hydrogens is 994 g/mol. The van der Waals surface area contributed by atoms with Crippen molar-refractivity contribution in [1.82, 2.24) is 35.0 Å². The molecular formula is C64H90ClN9O2S. The van der Waals surface area contributed by atoms with Crippen LogP contribution in [-0.2, 0) is 4.79 Å². The Labute approximate surface area is 472 Å². The molecule has 5 aliphatic rings. The molecule has 3 aliphatic heterocycles. The highest BCUT2D eigenvalue weighted by Gasteiger charge is 2.32. The monoisotopic (exact) mass is 1080 g/mol. The van der Waals surface area contributed by atoms with E-state index in [1.54, 1.807) is 17.5 Å². The summed E-state index contributed by atoms with van der Waals surface area (Å²) in [7, 11) is 3.92. The minimum atomic E-state index is -0.0397. The average Bonchev–Trinajstić information content (AvgIpc) is 3.70. The number of anilines is 2. The lowest BCUT2D eigenvalue weighted by Crippen LogP contribution is -2.50. The Morgan fingerprint density at radius 1 is 0.857 bits per heavy atom. The van der Waals surface area contributed by atoms with Gasteiger partial charge in [0.2, 0.25) is 0 Å². The van der Waals surface area contributed by atoms with Crippen molar-refractivity contribution in [2.45, 2.75) is 108 Å². The van der Waals surface area contributed by atoms with Crippen LogP contribution in [0, 0.1) is 5.92 Å². The first-order chi connectivity index (χ1) is 37.3. The number of rotatable bonds is 24. The van der Waals surface area contributed by atoms with Crippen LogP contribution in [0.5, 0.6) is 0 Å². The lowest BCUT2D eigenvalue weighted by molar-refractivity contribution is -0.108. The van der Waals surface area contributed by atoms with Gasteiger partial charge in [-0.2, -0.15) is 0 Å². The second-order valence-corrected chi connectivity index (χ2v) is 24.2. The van der Waals surface area contributed by atoms with Crippen LogP contribution in [0.15, 0.2) is 109 Å². The van der Waals surface area contributed by atoms with Crippen molar-refractivity contribution in [3.8, 4) is 0 Å². The van der Waals surface area contributed by atoms with Crippen molar-refractivity contribution >= 4 is 64.5 Å². The van der Waals surface area contributed by atoms with Gasteiger partial charge in [0.15, 0.2) is 0 Å². The maximum absolute atomic E-state index is 13.3. The zero-order valence-corrected chi connectivity index (χ0v) is 48.7. The van der Waals surface area contributed by atoms with Gasteiger partial charge >= 0.3 is 0 Å². The van der Waals surface area contributed by atoms with E-state index in [2.05, 4.69) is 127 Å². The second-order valence-electron chi connectivity index (χ2n) is 22.7. The minimum Gasteiger partial charge on any atom is -0.390 e. The Balaban J connectivity index is 0.700. The molecule has 0 saturated carbocycles. The number of amides is 1. The highest BCUT2D eigenvalue weighted by molar-refractivity contribution is 7.98. The fourth-order valence-corrected chi connectivity index (χ4v) is 13.4. The van der Waals surface area contributed by atoms with Gasteiger partial charge in [0, 0.05) is 149 Å². The normalized spacial score (nSPS) is 21.7. The van der Waals surface area contributed by atoms with Crippen molar-refractivity contribution in [1.29, 1.82) is 0 Å². The van der Waals surface area contributed by atoms with E-state index in [1.165, 1.54) is 73.2 Å². The summed E-state index contributed by atoms with van der Waals surface area (Å²) in [6.45, 7) is 32.5. The molecule has 0 bridgehead atoms. The minimum absolute atomic E-state index is 0.0177. The third-order valence-electron chi connectivity index (χ3n) is 17.7. The molecule has 2 unspecified atom stereocenters. The molecule has 3 saturated heterocycles. The van der Waals surface area contributed by atoms with E-state index in [0.29, 0.717) is 18.4 Å². The van der Waals surface area contributed by atoms with Crippen LogP contribution >= 0.6 is 23.5 Å². The van der Waals surface area contributed by atoms with E-state index < -0.39 is 0 Å². The molecule has 3 aromatic carbocycles. The zero-order chi connectivity index (χ0) is 54.3. The lowest BCUT2D eigenvalue weighted by atomic mass is 9.82. The summed E-state index contributed by atoms with van der Waals surface area (Å²) < 4.78 is 3.18. The summed E-state index contributed by atoms with van der Waals surface area (Å²) in [6.07, 6.45) is 18.2. The van der Waals surface area contributed by atoms with Gasteiger partial charge in [-0.05, 0) is 174 Å². The number of hydrogen-bond acceptors (Lipinski definition) is 11. The van der Waals surface area contributed by atoms with Crippen LogP contribution in [0.4, 0.5) is 11.4 Å². The summed E-state index contributed by atoms with van der Waals surface area (Å²) in [4.78, 5) is 39.7. The number of nitrogens with one attached hydrogen (secondary N) is 3. The molecule has 416 valence electrons. The largest absolute Gasteiger partial charge is 0.390 e. The first-order valence-corrected chi connectivity index (χ1v) is 30.2. The molecule has 3 aromatic rings. The molecule has 3 atom stereocenters. The highest BCUT2D eigenvalue weighted by Crippen LogP contribution is 2.36. The van der Waals surface area contributed by atoms with Crippen LogP contribution in [0.2, 0.25) is 5.02 Å². The number of aldehydes is 1. The number of benzene rings is 3. The summed E-state index contributed by atoms with van der Waals surface area (Å²) in [5.41, 5.74) is 12.9. The number of piperidine rings is 1. The van der Waals surface area contributed by atoms with Gasteiger partial charge in [-0.1, -0.05) is 79.3 Å². The number of likely N-dealkylation sites (N-methyl/N-ethyl adjacent to an activating group) is 2. The third-order valence-corrected chi connectivity index (χ3v) is 18.9. The molecule has 3 fully saturated rings. The van der Waals surface area contributed by atoms with Gasteiger partial charge in [-0.15, -0.1) is 0 Å². The summed E-state index contributed by atoms with van der Waals surface area (Å²) in [5, 5.41) is 8.18. The topological polar surface area (TPSA) is 89.7 Å². The van der Waals surface area contributed by atoms with Crippen LogP contribution < -0.4 is 25.2 Å². The number of allylic oxidation sites excluding steroid dienone is 1. The predicted molar refractivity (Wildman–Crippen MR) is 328 cm³/mol. The summed E-state index contributed by atoms with van der Waals surface area (Å²) in [5.74, 6) is 0.692. The molecule has 0 spiro atoms. The SMILES string of the molecule is C=Cc1ccc(N2CCC(CN3CCN(CCCN[C@@]4(C)CCC(SNC(=O)c5ccc(N6CCN(CC7=C(c8ccc(Cl)cc8)CCCCC7)CC6)cc5)C=C4C)CC3)CC2)cc1C(=C)N(C)C(CCC=O)C(=C)NC. The smallest absolute Gasteiger partial charge is 0.261 e. The quantitative estimate of drug-likeness (QED) is 0.0347. The molecule has 1 amide bonds. The van der Waals surface area contributed by atoms with Gasteiger partial charge in [-0.3, -0.25) is 14.4 Å². The van der Waals surface area contributed by atoms with E-state index in [-0.39, 0.29) is 22.7 Å². The maximum atomic E-state index is 13.3. The maximum Gasteiger partial charge on any atom is 0.261 e. The Bertz CT molecular complexity index is 2520. The molecule has 3 heterocycles. The molecule has 77 heavy (non-hydrogen) atoms. The van der Waals surface area contributed by atoms with Crippen molar-refractivity contribution < 1.29 is 9.59 Å². The lowest BCUT2D eigenvalue weighted by Gasteiger charge is -2.40. The molecule has 8 rings (SSSR count). The van der Waals surface area contributed by atoms with Crippen molar-refractivity contribution in [3.63, 3.8) is 0 Å². The average molecular weight is 1090 g/mol. The first-order valence-electron chi connectivity index (χ1n) is 29.0. The fourth-order valence-electron chi connectivity index (χ4n) is 12.4.